The predicted molar refractivity (Wildman–Crippen MR) is 103 cm³/mol. The van der Waals surface area contributed by atoms with Gasteiger partial charge in [0.2, 0.25) is 0 Å². The summed E-state index contributed by atoms with van der Waals surface area (Å²) in [6, 6.07) is 11.7. The van der Waals surface area contributed by atoms with E-state index in [1.54, 1.807) is 19.2 Å². The average Bonchev–Trinajstić information content (AvgIpc) is 2.94. The molecule has 1 heterocycles. The Bertz CT molecular complexity index is 902. The molecule has 1 aliphatic heterocycles. The van der Waals surface area contributed by atoms with E-state index in [4.69, 9.17) is 9.47 Å². The van der Waals surface area contributed by atoms with Crippen LogP contribution in [-0.4, -0.2) is 36.3 Å². The van der Waals surface area contributed by atoms with Crippen LogP contribution >= 0.6 is 0 Å². The Balaban J connectivity index is 1.69. The zero-order valence-corrected chi connectivity index (χ0v) is 16.2. The van der Waals surface area contributed by atoms with Gasteiger partial charge in [-0.1, -0.05) is 26.0 Å². The van der Waals surface area contributed by atoms with Crippen molar-refractivity contribution in [3.63, 3.8) is 0 Å². The SMILES string of the molecule is COc1ccc(COC(=O)c2ccc3c(c2)C(=O)N(CCC(C)C)C3=O)cc1. The van der Waals surface area contributed by atoms with Crippen LogP contribution in [0.25, 0.3) is 0 Å². The van der Waals surface area contributed by atoms with E-state index in [-0.39, 0.29) is 29.5 Å². The van der Waals surface area contributed by atoms with Gasteiger partial charge in [0.1, 0.15) is 12.4 Å². The number of methoxy groups -OCH3 is 1. The van der Waals surface area contributed by atoms with Gasteiger partial charge in [-0.05, 0) is 48.2 Å². The Morgan fingerprint density at radius 1 is 1.00 bits per heavy atom. The molecular formula is C22H23NO5. The third-order valence-corrected chi connectivity index (χ3v) is 4.67. The van der Waals surface area contributed by atoms with Crippen molar-refractivity contribution in [3.05, 3.63) is 64.7 Å². The van der Waals surface area contributed by atoms with Crippen molar-refractivity contribution in [2.75, 3.05) is 13.7 Å². The van der Waals surface area contributed by atoms with E-state index in [0.29, 0.717) is 18.0 Å². The summed E-state index contributed by atoms with van der Waals surface area (Å²) in [5.74, 6) is -0.101. The Morgan fingerprint density at radius 2 is 1.68 bits per heavy atom. The molecule has 0 fully saturated rings. The quantitative estimate of drug-likeness (QED) is 0.540. The number of hydrogen-bond donors (Lipinski definition) is 0. The summed E-state index contributed by atoms with van der Waals surface area (Å²) in [6.07, 6.45) is 0.738. The molecule has 0 N–H and O–H groups in total. The summed E-state index contributed by atoms with van der Waals surface area (Å²) < 4.78 is 10.4. The summed E-state index contributed by atoms with van der Waals surface area (Å²) in [7, 11) is 1.58. The number of fused-ring (bicyclic) bond motifs is 1. The van der Waals surface area contributed by atoms with Crippen molar-refractivity contribution in [2.24, 2.45) is 5.92 Å². The lowest BCUT2D eigenvalue weighted by Gasteiger charge is -2.14. The van der Waals surface area contributed by atoms with Gasteiger partial charge in [0.15, 0.2) is 0 Å². The fourth-order valence-corrected chi connectivity index (χ4v) is 2.96. The molecule has 0 saturated carbocycles. The molecule has 6 heteroatoms. The van der Waals surface area contributed by atoms with Crippen molar-refractivity contribution in [3.8, 4) is 5.75 Å². The van der Waals surface area contributed by atoms with Gasteiger partial charge in [-0.2, -0.15) is 0 Å². The first kappa shape index (κ1) is 19.6. The van der Waals surface area contributed by atoms with Crippen LogP contribution in [0.15, 0.2) is 42.5 Å². The van der Waals surface area contributed by atoms with Gasteiger partial charge in [-0.15, -0.1) is 0 Å². The largest absolute Gasteiger partial charge is 0.497 e. The summed E-state index contributed by atoms with van der Waals surface area (Å²) >= 11 is 0. The van der Waals surface area contributed by atoms with Gasteiger partial charge in [0.05, 0.1) is 23.8 Å². The number of amides is 2. The average molecular weight is 381 g/mol. The zero-order valence-electron chi connectivity index (χ0n) is 16.2. The third kappa shape index (κ3) is 4.06. The van der Waals surface area contributed by atoms with Crippen LogP contribution in [0.1, 0.15) is 56.9 Å². The Kier molecular flexibility index (Phi) is 5.78. The van der Waals surface area contributed by atoms with Crippen molar-refractivity contribution in [1.82, 2.24) is 4.90 Å². The first-order valence-corrected chi connectivity index (χ1v) is 9.21. The summed E-state index contributed by atoms with van der Waals surface area (Å²) in [5, 5.41) is 0. The lowest BCUT2D eigenvalue weighted by atomic mass is 10.1. The van der Waals surface area contributed by atoms with Crippen LogP contribution in [0.5, 0.6) is 5.75 Å². The minimum Gasteiger partial charge on any atom is -0.497 e. The number of rotatable bonds is 7. The summed E-state index contributed by atoms with van der Waals surface area (Å²) in [5.41, 5.74) is 1.66. The molecule has 0 unspecified atom stereocenters. The second kappa shape index (κ2) is 8.25. The fraction of sp³-hybridized carbons (Fsp3) is 0.318. The predicted octanol–water partition coefficient (Wildman–Crippen LogP) is 3.69. The van der Waals surface area contributed by atoms with Gasteiger partial charge >= 0.3 is 5.97 Å². The van der Waals surface area contributed by atoms with Crippen LogP contribution in [0, 0.1) is 5.92 Å². The van der Waals surface area contributed by atoms with Crippen LogP contribution < -0.4 is 4.74 Å². The highest BCUT2D eigenvalue weighted by molar-refractivity contribution is 6.21. The molecule has 0 aromatic heterocycles. The number of benzene rings is 2. The van der Waals surface area contributed by atoms with Crippen molar-refractivity contribution in [2.45, 2.75) is 26.9 Å². The van der Waals surface area contributed by atoms with Crippen LogP contribution in [-0.2, 0) is 11.3 Å². The second-order valence-electron chi connectivity index (χ2n) is 7.13. The van der Waals surface area contributed by atoms with Gasteiger partial charge in [-0.3, -0.25) is 14.5 Å². The third-order valence-electron chi connectivity index (χ3n) is 4.67. The van der Waals surface area contributed by atoms with Gasteiger partial charge < -0.3 is 9.47 Å². The highest BCUT2D eigenvalue weighted by Crippen LogP contribution is 2.25. The number of nitrogens with zero attached hydrogens (tertiary/aromatic N) is 1. The number of esters is 1. The first-order valence-electron chi connectivity index (χ1n) is 9.21. The van der Waals surface area contributed by atoms with E-state index in [1.165, 1.54) is 23.1 Å². The van der Waals surface area contributed by atoms with Crippen LogP contribution in [0.3, 0.4) is 0 Å². The van der Waals surface area contributed by atoms with Crippen molar-refractivity contribution < 1.29 is 23.9 Å². The lowest BCUT2D eigenvalue weighted by Crippen LogP contribution is -2.31. The molecule has 0 aliphatic carbocycles. The van der Waals surface area contributed by atoms with Crippen LogP contribution in [0.2, 0.25) is 0 Å². The Morgan fingerprint density at radius 3 is 2.32 bits per heavy atom. The van der Waals surface area contributed by atoms with E-state index in [1.807, 2.05) is 26.0 Å². The number of ether oxygens (including phenoxy) is 2. The summed E-state index contributed by atoms with van der Waals surface area (Å²) in [6.45, 7) is 4.55. The molecule has 0 spiro atoms. The maximum Gasteiger partial charge on any atom is 0.338 e. The number of hydrogen-bond acceptors (Lipinski definition) is 5. The van der Waals surface area contributed by atoms with Gasteiger partial charge in [0.25, 0.3) is 11.8 Å². The van der Waals surface area contributed by atoms with Gasteiger partial charge in [-0.25, -0.2) is 4.79 Å². The highest BCUT2D eigenvalue weighted by Gasteiger charge is 2.35. The molecule has 28 heavy (non-hydrogen) atoms. The Labute approximate surface area is 164 Å². The Hall–Kier alpha value is -3.15. The first-order chi connectivity index (χ1) is 13.4. The molecule has 146 valence electrons. The standard InChI is InChI=1S/C22H23NO5/c1-14(2)10-11-23-20(24)18-9-6-16(12-19(18)21(23)25)22(26)28-13-15-4-7-17(27-3)8-5-15/h4-9,12,14H,10-11,13H2,1-3H3. The topological polar surface area (TPSA) is 72.9 Å². The molecule has 2 aromatic rings. The minimum atomic E-state index is -0.542. The molecule has 2 aromatic carbocycles. The normalized spacial score (nSPS) is 13.1. The van der Waals surface area contributed by atoms with E-state index in [2.05, 4.69) is 0 Å². The zero-order chi connectivity index (χ0) is 20.3. The molecule has 0 saturated heterocycles. The van der Waals surface area contributed by atoms with E-state index < -0.39 is 5.97 Å². The molecular weight excluding hydrogens is 358 g/mol. The molecule has 6 nitrogen and oxygen atoms in total. The summed E-state index contributed by atoms with van der Waals surface area (Å²) in [4.78, 5) is 38.6. The van der Waals surface area contributed by atoms with Gasteiger partial charge in [0, 0.05) is 6.54 Å². The number of imide groups is 1. The van der Waals surface area contributed by atoms with Crippen molar-refractivity contribution in [1.29, 1.82) is 0 Å². The van der Waals surface area contributed by atoms with E-state index in [9.17, 15) is 14.4 Å². The van der Waals surface area contributed by atoms with E-state index in [0.717, 1.165) is 17.7 Å². The molecule has 1 aliphatic rings. The molecule has 3 rings (SSSR count). The molecule has 0 atom stereocenters. The molecule has 0 radical (unpaired) electrons. The lowest BCUT2D eigenvalue weighted by molar-refractivity contribution is 0.0472. The fourth-order valence-electron chi connectivity index (χ4n) is 2.96. The monoisotopic (exact) mass is 381 g/mol. The minimum absolute atomic E-state index is 0.104. The smallest absolute Gasteiger partial charge is 0.338 e. The molecule has 2 amide bonds. The van der Waals surface area contributed by atoms with E-state index >= 15 is 0 Å². The van der Waals surface area contributed by atoms with Crippen LogP contribution in [0.4, 0.5) is 0 Å². The molecule has 0 bridgehead atoms. The maximum absolute atomic E-state index is 12.6. The number of carbonyl (C=O) groups excluding carboxylic acids is 3. The number of carbonyl (C=O) groups is 3. The highest BCUT2D eigenvalue weighted by atomic mass is 16.5. The maximum atomic E-state index is 12.6. The van der Waals surface area contributed by atoms with Crippen molar-refractivity contribution >= 4 is 17.8 Å². The second-order valence-corrected chi connectivity index (χ2v) is 7.13.